The molecule has 0 amide bonds. The van der Waals surface area contributed by atoms with Crippen molar-refractivity contribution in [2.45, 2.75) is 0 Å². The zero-order valence-corrected chi connectivity index (χ0v) is 11.6. The van der Waals surface area contributed by atoms with Gasteiger partial charge >= 0.3 is 0 Å². The van der Waals surface area contributed by atoms with Gasteiger partial charge in [-0.2, -0.15) is 5.10 Å². The van der Waals surface area contributed by atoms with Gasteiger partial charge in [0, 0.05) is 6.07 Å². The van der Waals surface area contributed by atoms with Gasteiger partial charge in [0.05, 0.1) is 21.2 Å². The monoisotopic (exact) mass is 309 g/mol. The molecule has 102 valence electrons. The molecule has 0 unspecified atom stereocenters. The van der Waals surface area contributed by atoms with E-state index >= 15 is 0 Å². The maximum absolute atomic E-state index is 10.8. The Bertz CT molecular complexity index is 674. The Kier molecular flexibility index (Phi) is 4.55. The fraction of sp³-hybridized carbons (Fsp3) is 0. The third-order valence-electron chi connectivity index (χ3n) is 2.44. The summed E-state index contributed by atoms with van der Waals surface area (Å²) in [5, 5.41) is 15.6. The Morgan fingerprint density at radius 3 is 2.60 bits per heavy atom. The van der Waals surface area contributed by atoms with E-state index in [0.717, 1.165) is 5.56 Å². The van der Waals surface area contributed by atoms with Gasteiger partial charge in [0.2, 0.25) is 0 Å². The second-order valence-electron chi connectivity index (χ2n) is 3.82. The predicted octanol–water partition coefficient (Wildman–Crippen LogP) is 4.35. The fourth-order valence-corrected chi connectivity index (χ4v) is 1.80. The van der Waals surface area contributed by atoms with Gasteiger partial charge in [-0.25, -0.2) is 0 Å². The number of hydrogen-bond acceptors (Lipinski definition) is 4. The molecule has 0 atom stereocenters. The first-order valence-electron chi connectivity index (χ1n) is 5.55. The van der Waals surface area contributed by atoms with Crippen molar-refractivity contribution in [1.29, 1.82) is 0 Å². The maximum Gasteiger partial charge on any atom is 0.294 e. The molecule has 2 aromatic rings. The fourth-order valence-electron chi connectivity index (χ4n) is 1.50. The number of nitrogens with one attached hydrogen (secondary N) is 1. The second kappa shape index (κ2) is 6.36. The summed E-state index contributed by atoms with van der Waals surface area (Å²) in [5.74, 6) is 0. The van der Waals surface area contributed by atoms with Crippen LogP contribution >= 0.6 is 23.2 Å². The molecule has 0 fully saturated rings. The summed E-state index contributed by atoms with van der Waals surface area (Å²) >= 11 is 11.7. The Labute approximate surface area is 125 Å². The summed E-state index contributed by atoms with van der Waals surface area (Å²) in [5.41, 5.74) is 3.63. The molecule has 0 spiro atoms. The number of nitro groups is 1. The first-order chi connectivity index (χ1) is 9.58. The Morgan fingerprint density at radius 2 is 1.90 bits per heavy atom. The van der Waals surface area contributed by atoms with E-state index in [2.05, 4.69) is 10.5 Å². The van der Waals surface area contributed by atoms with Crippen molar-refractivity contribution in [3.8, 4) is 0 Å². The third kappa shape index (κ3) is 3.46. The zero-order chi connectivity index (χ0) is 14.5. The molecule has 0 aliphatic carbocycles. The molecule has 2 aromatic carbocycles. The average molecular weight is 310 g/mol. The van der Waals surface area contributed by atoms with Gasteiger partial charge in [0.15, 0.2) is 0 Å². The van der Waals surface area contributed by atoms with Crippen LogP contribution in [0.4, 0.5) is 11.4 Å². The smallest absolute Gasteiger partial charge is 0.272 e. The molecular formula is C13H9Cl2N3O2. The number of para-hydroxylation sites is 2. The van der Waals surface area contributed by atoms with Gasteiger partial charge in [-0.15, -0.1) is 0 Å². The Morgan fingerprint density at radius 1 is 1.15 bits per heavy atom. The second-order valence-corrected chi connectivity index (χ2v) is 4.63. The van der Waals surface area contributed by atoms with Crippen molar-refractivity contribution in [3.05, 3.63) is 68.2 Å². The van der Waals surface area contributed by atoms with Crippen molar-refractivity contribution in [3.63, 3.8) is 0 Å². The van der Waals surface area contributed by atoms with Crippen LogP contribution in [0.5, 0.6) is 0 Å². The quantitative estimate of drug-likeness (QED) is 0.518. The van der Waals surface area contributed by atoms with Gasteiger partial charge < -0.3 is 0 Å². The number of anilines is 1. The van der Waals surface area contributed by atoms with E-state index in [1.54, 1.807) is 36.4 Å². The summed E-state index contributed by atoms with van der Waals surface area (Å²) in [6.45, 7) is 0. The van der Waals surface area contributed by atoms with E-state index in [1.807, 2.05) is 0 Å². The van der Waals surface area contributed by atoms with E-state index in [9.17, 15) is 10.1 Å². The van der Waals surface area contributed by atoms with Crippen molar-refractivity contribution < 1.29 is 4.92 Å². The number of nitrogens with zero attached hydrogens (tertiary/aromatic N) is 2. The SMILES string of the molecule is O=[N+]([O-])c1ccccc1N/N=C\c1ccc(Cl)c(Cl)c1. The molecule has 0 saturated heterocycles. The van der Waals surface area contributed by atoms with Crippen LogP contribution < -0.4 is 5.43 Å². The highest BCUT2D eigenvalue weighted by molar-refractivity contribution is 6.42. The van der Waals surface area contributed by atoms with Crippen LogP contribution in [-0.4, -0.2) is 11.1 Å². The van der Waals surface area contributed by atoms with Crippen LogP contribution in [0.2, 0.25) is 10.0 Å². The minimum atomic E-state index is -0.475. The lowest BCUT2D eigenvalue weighted by Crippen LogP contribution is -1.96. The average Bonchev–Trinajstić information content (AvgIpc) is 2.43. The van der Waals surface area contributed by atoms with Gasteiger partial charge in [0.25, 0.3) is 5.69 Å². The highest BCUT2D eigenvalue weighted by atomic mass is 35.5. The summed E-state index contributed by atoms with van der Waals surface area (Å²) < 4.78 is 0. The summed E-state index contributed by atoms with van der Waals surface area (Å²) in [6.07, 6.45) is 1.50. The lowest BCUT2D eigenvalue weighted by atomic mass is 10.2. The van der Waals surface area contributed by atoms with Crippen LogP contribution in [0.15, 0.2) is 47.6 Å². The predicted molar refractivity (Wildman–Crippen MR) is 80.8 cm³/mol. The van der Waals surface area contributed by atoms with E-state index < -0.39 is 4.92 Å². The van der Waals surface area contributed by atoms with Crippen molar-refractivity contribution >= 4 is 40.8 Å². The molecule has 1 N–H and O–H groups in total. The Balaban J connectivity index is 2.14. The van der Waals surface area contributed by atoms with E-state index in [4.69, 9.17) is 23.2 Å². The topological polar surface area (TPSA) is 67.5 Å². The molecule has 20 heavy (non-hydrogen) atoms. The van der Waals surface area contributed by atoms with Gasteiger partial charge in [0.1, 0.15) is 5.69 Å². The number of hydrogen-bond donors (Lipinski definition) is 1. The number of benzene rings is 2. The largest absolute Gasteiger partial charge is 0.294 e. The molecule has 0 heterocycles. The van der Waals surface area contributed by atoms with Gasteiger partial charge in [-0.05, 0) is 23.8 Å². The zero-order valence-electron chi connectivity index (χ0n) is 10.1. The molecule has 0 aliphatic rings. The summed E-state index contributed by atoms with van der Waals surface area (Å²) in [7, 11) is 0. The van der Waals surface area contributed by atoms with Gasteiger partial charge in [-0.1, -0.05) is 41.4 Å². The highest BCUT2D eigenvalue weighted by Gasteiger charge is 2.10. The number of halogens is 2. The van der Waals surface area contributed by atoms with E-state index in [1.165, 1.54) is 12.3 Å². The molecular weight excluding hydrogens is 301 g/mol. The number of rotatable bonds is 4. The maximum atomic E-state index is 10.8. The standard InChI is InChI=1S/C13H9Cl2N3O2/c14-10-6-5-9(7-11(10)15)8-16-17-12-3-1-2-4-13(12)18(19)20/h1-8,17H/b16-8-. The normalized spacial score (nSPS) is 10.7. The van der Waals surface area contributed by atoms with Crippen LogP contribution in [-0.2, 0) is 0 Å². The Hall–Kier alpha value is -2.11. The van der Waals surface area contributed by atoms with Gasteiger partial charge in [-0.3, -0.25) is 15.5 Å². The first kappa shape index (κ1) is 14.3. The lowest BCUT2D eigenvalue weighted by Gasteiger charge is -2.01. The molecule has 5 nitrogen and oxygen atoms in total. The molecule has 2 rings (SSSR count). The van der Waals surface area contributed by atoms with Crippen molar-refractivity contribution in [2.24, 2.45) is 5.10 Å². The van der Waals surface area contributed by atoms with Crippen LogP contribution in [0, 0.1) is 10.1 Å². The third-order valence-corrected chi connectivity index (χ3v) is 3.18. The first-order valence-corrected chi connectivity index (χ1v) is 6.31. The lowest BCUT2D eigenvalue weighted by molar-refractivity contribution is -0.384. The van der Waals surface area contributed by atoms with Crippen molar-refractivity contribution in [2.75, 3.05) is 5.43 Å². The van der Waals surface area contributed by atoms with Crippen LogP contribution in [0.3, 0.4) is 0 Å². The number of hydrazone groups is 1. The summed E-state index contributed by atoms with van der Waals surface area (Å²) in [6, 6.07) is 11.3. The van der Waals surface area contributed by atoms with Crippen molar-refractivity contribution in [1.82, 2.24) is 0 Å². The van der Waals surface area contributed by atoms with Crippen LogP contribution in [0.25, 0.3) is 0 Å². The molecule has 0 aliphatic heterocycles. The molecule has 0 radical (unpaired) electrons. The summed E-state index contributed by atoms with van der Waals surface area (Å²) in [4.78, 5) is 10.3. The van der Waals surface area contributed by atoms with Crippen LogP contribution in [0.1, 0.15) is 5.56 Å². The molecule has 0 bridgehead atoms. The minimum Gasteiger partial charge on any atom is -0.272 e. The highest BCUT2D eigenvalue weighted by Crippen LogP contribution is 2.23. The molecule has 0 aromatic heterocycles. The molecule has 7 heteroatoms. The van der Waals surface area contributed by atoms with E-state index in [-0.39, 0.29) is 5.69 Å². The van der Waals surface area contributed by atoms with E-state index in [0.29, 0.717) is 15.7 Å². The molecule has 0 saturated carbocycles. The number of nitro benzene ring substituents is 1. The minimum absolute atomic E-state index is 0.0428.